The van der Waals surface area contributed by atoms with Crippen LogP contribution in [-0.4, -0.2) is 49.7 Å². The molecule has 8 nitrogen and oxygen atoms in total. The quantitative estimate of drug-likeness (QED) is 0.811. The average Bonchev–Trinajstić information content (AvgIpc) is 2.96. The second kappa shape index (κ2) is 7.77. The molecule has 25 heavy (non-hydrogen) atoms. The van der Waals surface area contributed by atoms with Gasteiger partial charge in [-0.1, -0.05) is 13.3 Å². The number of aromatic amines is 1. The number of carbonyl (C=O) groups is 1. The highest BCUT2D eigenvalue weighted by atomic mass is 16.1. The minimum Gasteiger partial charge on any atom is -0.353 e. The summed E-state index contributed by atoms with van der Waals surface area (Å²) in [6.45, 7) is 4.46. The van der Waals surface area contributed by atoms with Gasteiger partial charge < -0.3 is 10.3 Å². The number of H-pyrrole nitrogens is 1. The highest BCUT2D eigenvalue weighted by molar-refractivity contribution is 5.76. The number of aromatic nitrogens is 4. The van der Waals surface area contributed by atoms with E-state index in [0.29, 0.717) is 29.8 Å². The second-order valence-electron chi connectivity index (χ2n) is 6.74. The minimum atomic E-state index is -0.147. The van der Waals surface area contributed by atoms with E-state index in [1.807, 2.05) is 0 Å². The summed E-state index contributed by atoms with van der Waals surface area (Å²) in [5.74, 6) is 0.819. The number of hydrogen-bond donors (Lipinski definition) is 2. The molecule has 1 aliphatic rings. The molecule has 1 aliphatic heterocycles. The van der Waals surface area contributed by atoms with Gasteiger partial charge in [0.25, 0.3) is 5.56 Å². The standard InChI is InChI=1S/C17H26N6O2/c1-3-4-5-15(24)19-12-6-8-23(9-7-12)11-14-20-16-13(17(25)21-14)10-18-22(16)2/h10,12H,3-9,11H2,1-2H3,(H,19,24)(H,20,21,25). The molecule has 0 spiro atoms. The van der Waals surface area contributed by atoms with Crippen LogP contribution in [0.15, 0.2) is 11.0 Å². The smallest absolute Gasteiger partial charge is 0.262 e. The number of amides is 1. The number of unbranched alkanes of at least 4 members (excludes halogenated alkanes) is 1. The van der Waals surface area contributed by atoms with Gasteiger partial charge in [0.1, 0.15) is 11.2 Å². The van der Waals surface area contributed by atoms with Crippen molar-refractivity contribution < 1.29 is 4.79 Å². The van der Waals surface area contributed by atoms with Crippen molar-refractivity contribution in [3.8, 4) is 0 Å². The molecular formula is C17H26N6O2. The van der Waals surface area contributed by atoms with Gasteiger partial charge in [0, 0.05) is 32.6 Å². The van der Waals surface area contributed by atoms with Gasteiger partial charge in [-0.05, 0) is 19.3 Å². The van der Waals surface area contributed by atoms with Crippen molar-refractivity contribution in [2.75, 3.05) is 13.1 Å². The Morgan fingerprint density at radius 3 is 2.88 bits per heavy atom. The summed E-state index contributed by atoms with van der Waals surface area (Å²) in [5, 5.41) is 7.72. The second-order valence-corrected chi connectivity index (χ2v) is 6.74. The highest BCUT2D eigenvalue weighted by Gasteiger charge is 2.21. The van der Waals surface area contributed by atoms with Crippen LogP contribution in [0.25, 0.3) is 11.0 Å². The van der Waals surface area contributed by atoms with Crippen LogP contribution in [0, 0.1) is 0 Å². The maximum Gasteiger partial charge on any atom is 0.262 e. The summed E-state index contributed by atoms with van der Waals surface area (Å²) in [7, 11) is 1.78. The van der Waals surface area contributed by atoms with E-state index >= 15 is 0 Å². The molecule has 0 aliphatic carbocycles. The fourth-order valence-corrected chi connectivity index (χ4v) is 3.24. The number of hydrogen-bond acceptors (Lipinski definition) is 5. The Morgan fingerprint density at radius 1 is 1.40 bits per heavy atom. The van der Waals surface area contributed by atoms with E-state index in [0.717, 1.165) is 38.8 Å². The van der Waals surface area contributed by atoms with Crippen molar-refractivity contribution in [3.63, 3.8) is 0 Å². The highest BCUT2D eigenvalue weighted by Crippen LogP contribution is 2.13. The Kier molecular flexibility index (Phi) is 5.47. The Balaban J connectivity index is 1.55. The van der Waals surface area contributed by atoms with Crippen molar-refractivity contribution in [1.82, 2.24) is 30.0 Å². The fourth-order valence-electron chi connectivity index (χ4n) is 3.24. The maximum atomic E-state index is 12.1. The topological polar surface area (TPSA) is 95.9 Å². The van der Waals surface area contributed by atoms with Gasteiger partial charge >= 0.3 is 0 Å². The Hall–Kier alpha value is -2.22. The van der Waals surface area contributed by atoms with E-state index in [1.54, 1.807) is 11.7 Å². The summed E-state index contributed by atoms with van der Waals surface area (Å²) < 4.78 is 1.62. The van der Waals surface area contributed by atoms with E-state index in [2.05, 4.69) is 32.2 Å². The molecule has 0 bridgehead atoms. The van der Waals surface area contributed by atoms with Crippen LogP contribution in [0.5, 0.6) is 0 Å². The number of rotatable bonds is 6. The third kappa shape index (κ3) is 4.25. The van der Waals surface area contributed by atoms with E-state index in [9.17, 15) is 9.59 Å². The van der Waals surface area contributed by atoms with Crippen molar-refractivity contribution in [1.29, 1.82) is 0 Å². The van der Waals surface area contributed by atoms with Gasteiger partial charge in [-0.3, -0.25) is 19.2 Å². The Bertz CT molecular complexity index is 788. The van der Waals surface area contributed by atoms with E-state index in [4.69, 9.17) is 0 Å². The molecule has 0 unspecified atom stereocenters. The lowest BCUT2D eigenvalue weighted by atomic mass is 10.0. The predicted molar refractivity (Wildman–Crippen MR) is 95.1 cm³/mol. The lowest BCUT2D eigenvalue weighted by molar-refractivity contribution is -0.122. The van der Waals surface area contributed by atoms with Crippen LogP contribution in [-0.2, 0) is 18.4 Å². The van der Waals surface area contributed by atoms with E-state index in [-0.39, 0.29) is 17.5 Å². The van der Waals surface area contributed by atoms with Gasteiger partial charge in [-0.25, -0.2) is 4.98 Å². The first-order valence-corrected chi connectivity index (χ1v) is 8.99. The molecule has 3 rings (SSSR count). The summed E-state index contributed by atoms with van der Waals surface area (Å²) in [4.78, 5) is 33.6. The molecule has 2 aromatic rings. The van der Waals surface area contributed by atoms with Crippen molar-refractivity contribution in [2.24, 2.45) is 7.05 Å². The molecular weight excluding hydrogens is 320 g/mol. The molecule has 1 amide bonds. The van der Waals surface area contributed by atoms with Crippen LogP contribution in [0.1, 0.15) is 44.9 Å². The number of likely N-dealkylation sites (tertiary alicyclic amines) is 1. The molecule has 0 atom stereocenters. The molecule has 0 aromatic carbocycles. The number of carbonyl (C=O) groups excluding carboxylic acids is 1. The third-order valence-corrected chi connectivity index (χ3v) is 4.73. The number of fused-ring (bicyclic) bond motifs is 1. The molecule has 2 aromatic heterocycles. The number of aryl methyl sites for hydroxylation is 1. The van der Waals surface area contributed by atoms with Crippen molar-refractivity contribution in [2.45, 2.75) is 51.6 Å². The van der Waals surface area contributed by atoms with Gasteiger partial charge in [-0.15, -0.1) is 0 Å². The zero-order valence-electron chi connectivity index (χ0n) is 14.9. The third-order valence-electron chi connectivity index (χ3n) is 4.73. The number of piperidine rings is 1. The zero-order valence-corrected chi connectivity index (χ0v) is 14.9. The Labute approximate surface area is 146 Å². The summed E-state index contributed by atoms with van der Waals surface area (Å²) in [6, 6.07) is 0.257. The van der Waals surface area contributed by atoms with Crippen LogP contribution in [0.4, 0.5) is 0 Å². The van der Waals surface area contributed by atoms with Crippen LogP contribution >= 0.6 is 0 Å². The molecule has 1 fully saturated rings. The molecule has 136 valence electrons. The molecule has 8 heteroatoms. The Morgan fingerprint density at radius 2 is 2.16 bits per heavy atom. The van der Waals surface area contributed by atoms with E-state index < -0.39 is 0 Å². The number of nitrogens with zero attached hydrogens (tertiary/aromatic N) is 4. The number of nitrogens with one attached hydrogen (secondary N) is 2. The summed E-state index contributed by atoms with van der Waals surface area (Å²) in [5.41, 5.74) is 0.461. The molecule has 1 saturated heterocycles. The van der Waals surface area contributed by atoms with Crippen LogP contribution < -0.4 is 10.9 Å². The van der Waals surface area contributed by atoms with Gasteiger partial charge in [0.15, 0.2) is 5.65 Å². The van der Waals surface area contributed by atoms with Crippen LogP contribution in [0.2, 0.25) is 0 Å². The van der Waals surface area contributed by atoms with Crippen molar-refractivity contribution >= 4 is 16.9 Å². The van der Waals surface area contributed by atoms with Crippen molar-refractivity contribution in [3.05, 3.63) is 22.4 Å². The SMILES string of the molecule is CCCCC(=O)NC1CCN(Cc2nc3c(cnn3C)c(=O)[nH]2)CC1. The molecule has 0 saturated carbocycles. The fraction of sp³-hybridized carbons (Fsp3) is 0.647. The predicted octanol–water partition coefficient (Wildman–Crippen LogP) is 0.927. The maximum absolute atomic E-state index is 12.1. The average molecular weight is 346 g/mol. The molecule has 2 N–H and O–H groups in total. The van der Waals surface area contributed by atoms with E-state index in [1.165, 1.54) is 6.20 Å². The normalized spacial score (nSPS) is 16.4. The monoisotopic (exact) mass is 346 g/mol. The molecule has 3 heterocycles. The van der Waals surface area contributed by atoms with Crippen LogP contribution in [0.3, 0.4) is 0 Å². The van der Waals surface area contributed by atoms with Gasteiger partial charge in [-0.2, -0.15) is 5.10 Å². The lowest BCUT2D eigenvalue weighted by Crippen LogP contribution is -2.44. The first-order valence-electron chi connectivity index (χ1n) is 8.99. The van der Waals surface area contributed by atoms with Gasteiger partial charge in [0.2, 0.25) is 5.91 Å². The van der Waals surface area contributed by atoms with Gasteiger partial charge in [0.05, 0.1) is 12.7 Å². The zero-order chi connectivity index (χ0) is 17.8. The first-order chi connectivity index (χ1) is 12.1. The largest absolute Gasteiger partial charge is 0.353 e. The minimum absolute atomic E-state index is 0.147. The lowest BCUT2D eigenvalue weighted by Gasteiger charge is -2.32. The summed E-state index contributed by atoms with van der Waals surface area (Å²) in [6.07, 6.45) is 5.99. The summed E-state index contributed by atoms with van der Waals surface area (Å²) >= 11 is 0. The first kappa shape index (κ1) is 17.6. The molecule has 0 radical (unpaired) electrons.